The van der Waals surface area contributed by atoms with E-state index in [2.05, 4.69) is 0 Å². The summed E-state index contributed by atoms with van der Waals surface area (Å²) in [7, 11) is 0. The highest BCUT2D eigenvalue weighted by molar-refractivity contribution is 6.47. The molecule has 3 heteroatoms. The molecule has 0 aromatic rings. The molecule has 68 valence electrons. The summed E-state index contributed by atoms with van der Waals surface area (Å²) >= 11 is 0. The molecule has 1 fully saturated rings. The van der Waals surface area contributed by atoms with Crippen LogP contribution in [0.15, 0.2) is 23.9 Å². The lowest BCUT2D eigenvalue weighted by molar-refractivity contribution is -0.132. The summed E-state index contributed by atoms with van der Waals surface area (Å²) in [4.78, 5) is 24.4. The zero-order valence-corrected chi connectivity index (χ0v) is 7.32. The van der Waals surface area contributed by atoms with E-state index in [1.165, 1.54) is 6.08 Å². The van der Waals surface area contributed by atoms with E-state index in [4.69, 9.17) is 0 Å². The number of rotatable bonds is 1. The first-order chi connectivity index (χ1) is 6.29. The van der Waals surface area contributed by atoms with E-state index in [1.54, 1.807) is 12.2 Å². The first-order valence-electron chi connectivity index (χ1n) is 4.51. The monoisotopic (exact) mass is 177 g/mol. The predicted molar refractivity (Wildman–Crippen MR) is 48.0 cm³/mol. The van der Waals surface area contributed by atoms with Crippen molar-refractivity contribution in [3.63, 3.8) is 0 Å². The molecule has 13 heavy (non-hydrogen) atoms. The van der Waals surface area contributed by atoms with Gasteiger partial charge in [0.15, 0.2) is 0 Å². The predicted octanol–water partition coefficient (Wildman–Crippen LogP) is 0.674. The molecule has 1 heterocycles. The molecular weight excluding hydrogens is 166 g/mol. The molecule has 0 spiro atoms. The van der Waals surface area contributed by atoms with Gasteiger partial charge in [-0.05, 0) is 25.0 Å². The van der Waals surface area contributed by atoms with Crippen LogP contribution in [0.25, 0.3) is 0 Å². The zero-order valence-electron chi connectivity index (χ0n) is 7.32. The maximum atomic E-state index is 11.4. The maximum Gasteiger partial charge on any atom is 0.248 e. The van der Waals surface area contributed by atoms with Crippen molar-refractivity contribution >= 4 is 11.6 Å². The largest absolute Gasteiger partial charge is 0.368 e. The second kappa shape index (κ2) is 3.17. The van der Waals surface area contributed by atoms with E-state index in [-0.39, 0.29) is 5.78 Å². The Morgan fingerprint density at radius 2 is 1.85 bits per heavy atom. The van der Waals surface area contributed by atoms with E-state index < -0.39 is 5.78 Å². The molecule has 2 rings (SSSR count). The molecular formula is C10H11NO2. The number of hydrogen-bond donors (Lipinski definition) is 0. The van der Waals surface area contributed by atoms with Gasteiger partial charge in [-0.25, -0.2) is 0 Å². The summed E-state index contributed by atoms with van der Waals surface area (Å²) in [5.74, 6) is -0.756. The summed E-state index contributed by atoms with van der Waals surface area (Å²) in [5, 5.41) is 0. The van der Waals surface area contributed by atoms with Crippen LogP contribution in [0.3, 0.4) is 0 Å². The van der Waals surface area contributed by atoms with Gasteiger partial charge in [-0.15, -0.1) is 0 Å². The Kier molecular flexibility index (Phi) is 2.00. The summed E-state index contributed by atoms with van der Waals surface area (Å²) < 4.78 is 0. The molecule has 1 saturated heterocycles. The van der Waals surface area contributed by atoms with E-state index in [0.29, 0.717) is 5.70 Å². The number of likely N-dealkylation sites (tertiary alicyclic amines) is 1. The Balaban J connectivity index is 2.21. The maximum absolute atomic E-state index is 11.4. The molecule has 1 aliphatic heterocycles. The second-order valence-corrected chi connectivity index (χ2v) is 3.30. The van der Waals surface area contributed by atoms with Crippen LogP contribution in [-0.2, 0) is 9.59 Å². The third-order valence-corrected chi connectivity index (χ3v) is 2.40. The number of carbonyl (C=O) groups is 2. The van der Waals surface area contributed by atoms with Crippen LogP contribution >= 0.6 is 0 Å². The topological polar surface area (TPSA) is 37.4 Å². The van der Waals surface area contributed by atoms with Crippen LogP contribution in [0, 0.1) is 0 Å². The SMILES string of the molecule is O=C1C=CC=C(N2CCCC2)C1=O. The first kappa shape index (κ1) is 8.23. The van der Waals surface area contributed by atoms with Crippen molar-refractivity contribution in [2.45, 2.75) is 12.8 Å². The zero-order chi connectivity index (χ0) is 9.26. The molecule has 3 nitrogen and oxygen atoms in total. The van der Waals surface area contributed by atoms with Gasteiger partial charge in [-0.3, -0.25) is 9.59 Å². The highest BCUT2D eigenvalue weighted by Crippen LogP contribution is 2.17. The Labute approximate surface area is 76.7 Å². The minimum Gasteiger partial charge on any atom is -0.368 e. The quantitative estimate of drug-likeness (QED) is 0.436. The average molecular weight is 177 g/mol. The molecule has 0 aromatic heterocycles. The Morgan fingerprint density at radius 1 is 1.15 bits per heavy atom. The summed E-state index contributed by atoms with van der Waals surface area (Å²) in [6.45, 7) is 1.80. The van der Waals surface area contributed by atoms with E-state index in [1.807, 2.05) is 4.90 Å². The van der Waals surface area contributed by atoms with Gasteiger partial charge < -0.3 is 4.90 Å². The third kappa shape index (κ3) is 1.41. The van der Waals surface area contributed by atoms with Crippen LogP contribution in [0.4, 0.5) is 0 Å². The average Bonchev–Trinajstić information content (AvgIpc) is 2.62. The van der Waals surface area contributed by atoms with Crippen LogP contribution in [0.1, 0.15) is 12.8 Å². The van der Waals surface area contributed by atoms with Gasteiger partial charge in [-0.1, -0.05) is 6.08 Å². The number of allylic oxidation sites excluding steroid dienone is 4. The van der Waals surface area contributed by atoms with Gasteiger partial charge in [0.25, 0.3) is 0 Å². The third-order valence-electron chi connectivity index (χ3n) is 2.40. The van der Waals surface area contributed by atoms with E-state index >= 15 is 0 Å². The summed E-state index contributed by atoms with van der Waals surface area (Å²) in [5.41, 5.74) is 0.574. The molecule has 0 radical (unpaired) electrons. The number of Topliss-reactive ketones (excluding diaryl/α,β-unsaturated/α-hetero) is 1. The van der Waals surface area contributed by atoms with Crippen molar-refractivity contribution in [1.82, 2.24) is 4.90 Å². The van der Waals surface area contributed by atoms with Crippen LogP contribution < -0.4 is 0 Å². The van der Waals surface area contributed by atoms with Crippen LogP contribution in [0.2, 0.25) is 0 Å². The lowest BCUT2D eigenvalue weighted by Crippen LogP contribution is -2.29. The Hall–Kier alpha value is -1.38. The van der Waals surface area contributed by atoms with Gasteiger partial charge >= 0.3 is 0 Å². The standard InChI is InChI=1S/C10H11NO2/c12-9-5-3-4-8(10(9)13)11-6-1-2-7-11/h3-5H,1-2,6-7H2. The molecule has 2 aliphatic rings. The van der Waals surface area contributed by atoms with E-state index in [0.717, 1.165) is 25.9 Å². The number of carbonyl (C=O) groups excluding carboxylic acids is 2. The number of hydrogen-bond acceptors (Lipinski definition) is 3. The van der Waals surface area contributed by atoms with Crippen molar-refractivity contribution in [2.24, 2.45) is 0 Å². The lowest BCUT2D eigenvalue weighted by Gasteiger charge is -2.20. The van der Waals surface area contributed by atoms with Crippen LogP contribution in [0.5, 0.6) is 0 Å². The minimum absolute atomic E-state index is 0.357. The van der Waals surface area contributed by atoms with Gasteiger partial charge in [-0.2, -0.15) is 0 Å². The minimum atomic E-state index is -0.399. The fourth-order valence-electron chi connectivity index (χ4n) is 1.71. The fourth-order valence-corrected chi connectivity index (χ4v) is 1.71. The molecule has 0 amide bonds. The van der Waals surface area contributed by atoms with Gasteiger partial charge in [0, 0.05) is 13.1 Å². The van der Waals surface area contributed by atoms with Crippen molar-refractivity contribution in [1.29, 1.82) is 0 Å². The second-order valence-electron chi connectivity index (χ2n) is 3.30. The fraction of sp³-hybridized carbons (Fsp3) is 0.400. The van der Waals surface area contributed by atoms with Gasteiger partial charge in [0.05, 0.1) is 5.70 Å². The first-order valence-corrected chi connectivity index (χ1v) is 4.51. The Bertz CT molecular complexity index is 309. The molecule has 0 atom stereocenters. The highest BCUT2D eigenvalue weighted by atomic mass is 16.2. The van der Waals surface area contributed by atoms with E-state index in [9.17, 15) is 9.59 Å². The van der Waals surface area contributed by atoms with Crippen molar-refractivity contribution < 1.29 is 9.59 Å². The van der Waals surface area contributed by atoms with Crippen molar-refractivity contribution in [3.8, 4) is 0 Å². The number of nitrogens with zero attached hydrogens (tertiary/aromatic N) is 1. The smallest absolute Gasteiger partial charge is 0.248 e. The molecule has 0 unspecified atom stereocenters. The normalized spacial score (nSPS) is 22.5. The summed E-state index contributed by atoms with van der Waals surface area (Å²) in [6, 6.07) is 0. The van der Waals surface area contributed by atoms with Crippen molar-refractivity contribution in [2.75, 3.05) is 13.1 Å². The highest BCUT2D eigenvalue weighted by Gasteiger charge is 2.25. The molecule has 0 saturated carbocycles. The Morgan fingerprint density at radius 3 is 2.54 bits per heavy atom. The molecule has 0 bridgehead atoms. The lowest BCUT2D eigenvalue weighted by atomic mass is 10.1. The molecule has 0 N–H and O–H groups in total. The van der Waals surface area contributed by atoms with Crippen molar-refractivity contribution in [3.05, 3.63) is 23.9 Å². The summed E-state index contributed by atoms with van der Waals surface area (Å²) in [6.07, 6.45) is 6.93. The molecule has 0 aromatic carbocycles. The van der Waals surface area contributed by atoms with Crippen LogP contribution in [-0.4, -0.2) is 29.6 Å². The molecule has 1 aliphatic carbocycles. The van der Waals surface area contributed by atoms with Gasteiger partial charge in [0.1, 0.15) is 0 Å². The number of ketones is 2. The van der Waals surface area contributed by atoms with Gasteiger partial charge in [0.2, 0.25) is 11.6 Å².